The number of carbonyl (C=O) groups excluding carboxylic acids is 2. The second-order valence-electron chi connectivity index (χ2n) is 7.98. The molecule has 1 amide bonds. The number of aryl methyl sites for hydroxylation is 1. The molecule has 2 N–H and O–H groups in total. The first-order valence-electron chi connectivity index (χ1n) is 9.45. The molecule has 28 heavy (non-hydrogen) atoms. The summed E-state index contributed by atoms with van der Waals surface area (Å²) >= 11 is 0. The van der Waals surface area contributed by atoms with Gasteiger partial charge in [0.05, 0.1) is 24.9 Å². The van der Waals surface area contributed by atoms with Crippen LogP contribution in [-0.2, 0) is 16.1 Å². The fourth-order valence-electron chi connectivity index (χ4n) is 3.16. The lowest BCUT2D eigenvalue weighted by Gasteiger charge is -2.28. The van der Waals surface area contributed by atoms with Gasteiger partial charge in [0.2, 0.25) is 0 Å². The van der Waals surface area contributed by atoms with Gasteiger partial charge in [-0.25, -0.2) is 4.79 Å². The quantitative estimate of drug-likeness (QED) is 0.529. The number of halogens is 1. The van der Waals surface area contributed by atoms with Crippen molar-refractivity contribution in [3.63, 3.8) is 0 Å². The lowest BCUT2D eigenvalue weighted by Crippen LogP contribution is -2.49. The molecule has 0 aliphatic heterocycles. The number of ether oxygens (including phenoxy) is 1. The maximum atomic E-state index is 13.0. The molecule has 0 unspecified atom stereocenters. The molecule has 0 saturated carbocycles. The van der Waals surface area contributed by atoms with Crippen molar-refractivity contribution >= 4 is 22.8 Å². The first-order valence-corrected chi connectivity index (χ1v) is 9.45. The number of nitrogens with one attached hydrogen (secondary N) is 1. The molecular weight excluding hydrogens is 363 g/mol. The fourth-order valence-corrected chi connectivity index (χ4v) is 3.16. The minimum atomic E-state index is -0.801. The van der Waals surface area contributed by atoms with Crippen LogP contribution in [0.4, 0.5) is 4.39 Å². The number of carbonyl (C=O) groups is 2. The first kappa shape index (κ1) is 21.7. The molecule has 1 aromatic heterocycles. The molecule has 7 heteroatoms. The summed E-state index contributed by atoms with van der Waals surface area (Å²) in [7, 11) is 1.29. The van der Waals surface area contributed by atoms with Gasteiger partial charge in [-0.05, 0) is 36.8 Å². The van der Waals surface area contributed by atoms with Gasteiger partial charge in [0.15, 0.2) is 0 Å². The molecule has 0 aliphatic rings. The molecule has 154 valence electrons. The Balaban J connectivity index is 2.34. The van der Waals surface area contributed by atoms with Crippen molar-refractivity contribution < 1.29 is 23.8 Å². The summed E-state index contributed by atoms with van der Waals surface area (Å²) in [5, 5.41) is 13.3. The highest BCUT2D eigenvalue weighted by molar-refractivity contribution is 6.08. The van der Waals surface area contributed by atoms with Crippen LogP contribution >= 0.6 is 0 Å². The number of amides is 1. The van der Waals surface area contributed by atoms with Crippen LogP contribution in [-0.4, -0.2) is 41.4 Å². The fraction of sp³-hybridized carbons (Fsp3) is 0.524. The molecule has 2 rings (SSSR count). The van der Waals surface area contributed by atoms with Crippen LogP contribution < -0.4 is 5.32 Å². The summed E-state index contributed by atoms with van der Waals surface area (Å²) < 4.78 is 19.0. The zero-order chi connectivity index (χ0) is 20.9. The van der Waals surface area contributed by atoms with Crippen LogP contribution in [0.2, 0.25) is 0 Å². The van der Waals surface area contributed by atoms with Crippen molar-refractivity contribution in [3.05, 3.63) is 30.0 Å². The Morgan fingerprint density at radius 3 is 2.57 bits per heavy atom. The highest BCUT2D eigenvalue weighted by Gasteiger charge is 2.34. The van der Waals surface area contributed by atoms with Crippen LogP contribution in [0.25, 0.3) is 10.9 Å². The molecule has 1 atom stereocenters. The maximum absolute atomic E-state index is 13.0. The van der Waals surface area contributed by atoms with E-state index < -0.39 is 17.4 Å². The van der Waals surface area contributed by atoms with E-state index >= 15 is 0 Å². The van der Waals surface area contributed by atoms with Crippen molar-refractivity contribution in [3.8, 4) is 5.75 Å². The topological polar surface area (TPSA) is 80.6 Å². The number of unbranched alkanes of at least 4 members (excludes halogenated alkanes) is 2. The monoisotopic (exact) mass is 392 g/mol. The van der Waals surface area contributed by atoms with E-state index in [-0.39, 0.29) is 18.3 Å². The third-order valence-electron chi connectivity index (χ3n) is 4.72. The van der Waals surface area contributed by atoms with E-state index in [1.807, 2.05) is 25.3 Å². The highest BCUT2D eigenvalue weighted by Crippen LogP contribution is 2.27. The number of phenols is 1. The van der Waals surface area contributed by atoms with Crippen molar-refractivity contribution in [2.24, 2.45) is 5.41 Å². The van der Waals surface area contributed by atoms with Crippen LogP contribution in [0, 0.1) is 5.41 Å². The lowest BCUT2D eigenvalue weighted by atomic mass is 9.86. The van der Waals surface area contributed by atoms with Crippen molar-refractivity contribution in [2.75, 3.05) is 13.8 Å². The maximum Gasteiger partial charge on any atom is 0.328 e. The lowest BCUT2D eigenvalue weighted by molar-refractivity contribution is -0.145. The summed E-state index contributed by atoms with van der Waals surface area (Å²) in [5.41, 5.74) is 0.612. The van der Waals surface area contributed by atoms with Crippen LogP contribution in [0.1, 0.15) is 50.4 Å². The predicted molar refractivity (Wildman–Crippen MR) is 106 cm³/mol. The van der Waals surface area contributed by atoms with Gasteiger partial charge in [0.25, 0.3) is 5.91 Å². The molecule has 6 nitrogen and oxygen atoms in total. The largest absolute Gasteiger partial charge is 0.508 e. The number of phenolic OH excluding ortho intramolecular Hbond substituents is 1. The van der Waals surface area contributed by atoms with Gasteiger partial charge in [0.1, 0.15) is 11.8 Å². The summed E-state index contributed by atoms with van der Waals surface area (Å²) in [6, 6.07) is 4.00. The van der Waals surface area contributed by atoms with Gasteiger partial charge in [-0.1, -0.05) is 20.8 Å². The second-order valence-corrected chi connectivity index (χ2v) is 7.98. The van der Waals surface area contributed by atoms with E-state index in [0.29, 0.717) is 23.9 Å². The number of aromatic hydroxyl groups is 1. The minimum Gasteiger partial charge on any atom is -0.508 e. The number of alkyl halides is 1. The number of hydrogen-bond acceptors (Lipinski definition) is 4. The minimum absolute atomic E-state index is 0.102. The molecule has 0 radical (unpaired) electrons. The predicted octanol–water partition coefficient (Wildman–Crippen LogP) is 3.80. The number of esters is 1. The van der Waals surface area contributed by atoms with E-state index in [1.54, 1.807) is 18.3 Å². The van der Waals surface area contributed by atoms with Gasteiger partial charge in [-0.15, -0.1) is 0 Å². The number of nitrogens with zero attached hydrogens (tertiary/aromatic N) is 1. The zero-order valence-electron chi connectivity index (χ0n) is 16.9. The first-order chi connectivity index (χ1) is 13.2. The van der Waals surface area contributed by atoms with Crippen molar-refractivity contribution in [1.29, 1.82) is 0 Å². The molecule has 0 bridgehead atoms. The number of rotatable bonds is 8. The van der Waals surface area contributed by atoms with Gasteiger partial charge in [-0.3, -0.25) is 9.18 Å². The summed E-state index contributed by atoms with van der Waals surface area (Å²) in [6.45, 7) is 5.80. The van der Waals surface area contributed by atoms with E-state index in [2.05, 4.69) is 5.32 Å². The van der Waals surface area contributed by atoms with Gasteiger partial charge < -0.3 is 19.7 Å². The Bertz CT molecular complexity index is 839. The highest BCUT2D eigenvalue weighted by atomic mass is 19.1. The average molecular weight is 392 g/mol. The van der Waals surface area contributed by atoms with Gasteiger partial charge in [0, 0.05) is 24.2 Å². The Kier molecular flexibility index (Phi) is 7.05. The third kappa shape index (κ3) is 5.03. The number of aromatic nitrogens is 1. The molecule has 1 aromatic carbocycles. The Morgan fingerprint density at radius 2 is 1.96 bits per heavy atom. The number of hydrogen-bond donors (Lipinski definition) is 2. The third-order valence-corrected chi connectivity index (χ3v) is 4.72. The normalized spacial score (nSPS) is 12.8. The summed E-state index contributed by atoms with van der Waals surface area (Å²) in [5.74, 6) is -0.790. The standard InChI is InChI=1S/C21H29FN2O4/c1-21(2,3)18(20(27)28-4)23-19(26)16-13-24(11-7-5-6-10-22)17-12-14(25)8-9-15(16)17/h8-9,12-13,18,25H,5-7,10-11H2,1-4H3,(H,23,26)/t18-/m1/s1. The van der Waals surface area contributed by atoms with Gasteiger partial charge in [-0.2, -0.15) is 0 Å². The Morgan fingerprint density at radius 1 is 1.25 bits per heavy atom. The number of methoxy groups -OCH3 is 1. The van der Waals surface area contributed by atoms with Crippen LogP contribution in [0.5, 0.6) is 5.75 Å². The Hall–Kier alpha value is -2.57. The smallest absolute Gasteiger partial charge is 0.328 e. The molecule has 0 aliphatic carbocycles. The van der Waals surface area contributed by atoms with Crippen molar-refractivity contribution in [2.45, 2.75) is 52.6 Å². The van der Waals surface area contributed by atoms with E-state index in [4.69, 9.17) is 4.74 Å². The molecule has 1 heterocycles. The molecule has 2 aromatic rings. The molecule has 0 spiro atoms. The average Bonchev–Trinajstić information content (AvgIpc) is 2.99. The summed E-state index contributed by atoms with van der Waals surface area (Å²) in [6.07, 6.45) is 3.72. The Labute approximate surface area is 164 Å². The SMILES string of the molecule is COC(=O)[C@@H](NC(=O)c1cn(CCCCCF)c2cc(O)ccc12)C(C)(C)C. The number of fused-ring (bicyclic) bond motifs is 1. The van der Waals surface area contributed by atoms with E-state index in [1.165, 1.54) is 13.2 Å². The number of benzene rings is 1. The molecule has 0 saturated heterocycles. The molecule has 0 fully saturated rings. The van der Waals surface area contributed by atoms with E-state index in [9.17, 15) is 19.1 Å². The van der Waals surface area contributed by atoms with Gasteiger partial charge >= 0.3 is 5.97 Å². The zero-order valence-corrected chi connectivity index (χ0v) is 16.9. The summed E-state index contributed by atoms with van der Waals surface area (Å²) in [4.78, 5) is 25.1. The van der Waals surface area contributed by atoms with Crippen molar-refractivity contribution in [1.82, 2.24) is 9.88 Å². The van der Waals surface area contributed by atoms with E-state index in [0.717, 1.165) is 18.4 Å². The molecular formula is C21H29FN2O4. The second kappa shape index (κ2) is 9.08. The van der Waals surface area contributed by atoms with Crippen LogP contribution in [0.15, 0.2) is 24.4 Å². The van der Waals surface area contributed by atoms with Crippen LogP contribution in [0.3, 0.4) is 0 Å².